The molecule has 5 nitrogen and oxygen atoms in total. The number of esters is 1. The molecule has 4 rings (SSSR count). The number of carbonyl (C=O) groups excluding carboxylic acids is 1. The van der Waals surface area contributed by atoms with E-state index in [1.807, 2.05) is 61.5 Å². The van der Waals surface area contributed by atoms with Crippen molar-refractivity contribution in [2.75, 3.05) is 13.2 Å². The van der Waals surface area contributed by atoms with Gasteiger partial charge in [0.05, 0.1) is 12.2 Å². The second-order valence-electron chi connectivity index (χ2n) is 5.81. The maximum Gasteiger partial charge on any atom is 0.363 e. The number of hydrogen-bond donors (Lipinski definition) is 0. The molecule has 5 heteroatoms. The predicted octanol–water partition coefficient (Wildman–Crippen LogP) is 3.75. The Hall–Kier alpha value is -3.34. The molecule has 2 aromatic rings. The molecule has 2 heterocycles. The first-order valence-corrected chi connectivity index (χ1v) is 8.42. The van der Waals surface area contributed by atoms with Crippen LogP contribution in [0.4, 0.5) is 0 Å². The summed E-state index contributed by atoms with van der Waals surface area (Å²) in [5.74, 6) is 1.24. The molecule has 0 aromatic heterocycles. The zero-order chi connectivity index (χ0) is 17.9. The molecule has 0 bridgehead atoms. The molecular formula is C21H17NO4. The standard InChI is InChI=1S/C21H17NO4/c1-2-24-19-10-6-4-8-16(19)20-22-17(21(23)26-20)12-14-11-15-7-3-5-9-18(15)25-13-14/h3-12H,2,13H2,1H3/b17-12-. The third-order valence-corrected chi connectivity index (χ3v) is 4.01. The molecule has 0 aliphatic carbocycles. The van der Waals surface area contributed by atoms with Crippen LogP contribution in [-0.4, -0.2) is 25.1 Å². The number of carbonyl (C=O) groups is 1. The molecule has 0 saturated carbocycles. The van der Waals surface area contributed by atoms with Crippen LogP contribution in [0.15, 0.2) is 70.9 Å². The monoisotopic (exact) mass is 347 g/mol. The summed E-state index contributed by atoms with van der Waals surface area (Å²) in [7, 11) is 0. The van der Waals surface area contributed by atoms with Gasteiger partial charge in [0.2, 0.25) is 5.90 Å². The Bertz CT molecular complexity index is 956. The fraction of sp³-hybridized carbons (Fsp3) is 0.143. The van der Waals surface area contributed by atoms with Gasteiger partial charge in [-0.3, -0.25) is 0 Å². The molecule has 0 N–H and O–H groups in total. The van der Waals surface area contributed by atoms with Crippen molar-refractivity contribution in [1.29, 1.82) is 0 Å². The van der Waals surface area contributed by atoms with E-state index in [9.17, 15) is 4.79 Å². The van der Waals surface area contributed by atoms with E-state index in [1.165, 1.54) is 0 Å². The van der Waals surface area contributed by atoms with Gasteiger partial charge in [0.15, 0.2) is 5.70 Å². The predicted molar refractivity (Wildman–Crippen MR) is 98.2 cm³/mol. The van der Waals surface area contributed by atoms with E-state index in [0.29, 0.717) is 24.5 Å². The number of para-hydroxylation sites is 2. The van der Waals surface area contributed by atoms with Crippen molar-refractivity contribution in [1.82, 2.24) is 0 Å². The van der Waals surface area contributed by atoms with Crippen molar-refractivity contribution in [2.24, 2.45) is 4.99 Å². The number of rotatable bonds is 4. The first kappa shape index (κ1) is 16.1. The van der Waals surface area contributed by atoms with Crippen LogP contribution in [0, 0.1) is 0 Å². The molecule has 0 saturated heterocycles. The maximum atomic E-state index is 12.2. The molecule has 0 amide bonds. The highest BCUT2D eigenvalue weighted by Crippen LogP contribution is 2.28. The Morgan fingerprint density at radius 3 is 2.85 bits per heavy atom. The van der Waals surface area contributed by atoms with Gasteiger partial charge in [0.25, 0.3) is 0 Å². The highest BCUT2D eigenvalue weighted by molar-refractivity contribution is 6.12. The summed E-state index contributed by atoms with van der Waals surface area (Å²) in [5, 5.41) is 0. The largest absolute Gasteiger partial charge is 0.493 e. The maximum absolute atomic E-state index is 12.2. The van der Waals surface area contributed by atoms with E-state index in [2.05, 4.69) is 4.99 Å². The number of fused-ring (bicyclic) bond motifs is 1. The van der Waals surface area contributed by atoms with Gasteiger partial charge in [0.1, 0.15) is 18.1 Å². The summed E-state index contributed by atoms with van der Waals surface area (Å²) >= 11 is 0. The van der Waals surface area contributed by atoms with E-state index >= 15 is 0 Å². The molecule has 0 radical (unpaired) electrons. The van der Waals surface area contributed by atoms with Crippen molar-refractivity contribution in [2.45, 2.75) is 6.92 Å². The summed E-state index contributed by atoms with van der Waals surface area (Å²) in [4.78, 5) is 16.6. The molecule has 0 atom stereocenters. The third kappa shape index (κ3) is 3.11. The minimum absolute atomic E-state index is 0.250. The Kier molecular flexibility index (Phi) is 4.27. The van der Waals surface area contributed by atoms with Gasteiger partial charge in [-0.05, 0) is 42.8 Å². The van der Waals surface area contributed by atoms with Gasteiger partial charge in [0, 0.05) is 5.56 Å². The Balaban J connectivity index is 1.66. The van der Waals surface area contributed by atoms with Gasteiger partial charge in [-0.15, -0.1) is 0 Å². The molecule has 0 fully saturated rings. The van der Waals surface area contributed by atoms with E-state index < -0.39 is 5.97 Å². The Labute approximate surface area is 151 Å². The fourth-order valence-electron chi connectivity index (χ4n) is 2.84. The number of nitrogens with zero attached hydrogens (tertiary/aromatic N) is 1. The topological polar surface area (TPSA) is 57.1 Å². The zero-order valence-corrected chi connectivity index (χ0v) is 14.3. The van der Waals surface area contributed by atoms with Crippen molar-refractivity contribution in [3.8, 4) is 11.5 Å². The van der Waals surface area contributed by atoms with E-state index in [-0.39, 0.29) is 11.6 Å². The summed E-state index contributed by atoms with van der Waals surface area (Å²) in [5.41, 5.74) is 2.74. The highest BCUT2D eigenvalue weighted by Gasteiger charge is 2.26. The van der Waals surface area contributed by atoms with Crippen LogP contribution < -0.4 is 9.47 Å². The lowest BCUT2D eigenvalue weighted by atomic mass is 10.1. The third-order valence-electron chi connectivity index (χ3n) is 4.01. The van der Waals surface area contributed by atoms with Crippen LogP contribution in [0.5, 0.6) is 11.5 Å². The van der Waals surface area contributed by atoms with Crippen LogP contribution in [-0.2, 0) is 9.53 Å². The molecule has 0 unspecified atom stereocenters. The van der Waals surface area contributed by atoms with E-state index in [4.69, 9.17) is 14.2 Å². The van der Waals surface area contributed by atoms with E-state index in [1.54, 1.807) is 6.08 Å². The van der Waals surface area contributed by atoms with Gasteiger partial charge >= 0.3 is 5.97 Å². The summed E-state index contributed by atoms with van der Waals surface area (Å²) < 4.78 is 16.6. The Morgan fingerprint density at radius 1 is 1.15 bits per heavy atom. The molecule has 2 aliphatic rings. The van der Waals surface area contributed by atoms with Crippen molar-refractivity contribution < 1.29 is 19.0 Å². The van der Waals surface area contributed by atoms with Gasteiger partial charge in [-0.1, -0.05) is 30.3 Å². The summed E-state index contributed by atoms with van der Waals surface area (Å²) in [6, 6.07) is 15.1. The van der Waals surface area contributed by atoms with Gasteiger partial charge in [-0.2, -0.15) is 0 Å². The SMILES string of the molecule is CCOc1ccccc1C1=N/C(=C\C2=Cc3ccccc3OC2)C(=O)O1. The first-order valence-electron chi connectivity index (χ1n) is 8.42. The van der Waals surface area contributed by atoms with Crippen molar-refractivity contribution in [3.63, 3.8) is 0 Å². The molecule has 2 aromatic carbocycles. The smallest absolute Gasteiger partial charge is 0.363 e. The van der Waals surface area contributed by atoms with Crippen LogP contribution in [0.3, 0.4) is 0 Å². The summed E-state index contributed by atoms with van der Waals surface area (Å²) in [6.45, 7) is 2.80. The normalized spacial score (nSPS) is 17.1. The minimum atomic E-state index is -0.480. The van der Waals surface area contributed by atoms with Crippen LogP contribution in [0.2, 0.25) is 0 Å². The van der Waals surface area contributed by atoms with Crippen LogP contribution >= 0.6 is 0 Å². The average molecular weight is 347 g/mol. The molecule has 26 heavy (non-hydrogen) atoms. The molecule has 130 valence electrons. The second kappa shape index (κ2) is 6.88. The molecule has 0 spiro atoms. The number of hydrogen-bond acceptors (Lipinski definition) is 5. The minimum Gasteiger partial charge on any atom is -0.493 e. The van der Waals surface area contributed by atoms with Crippen LogP contribution in [0.1, 0.15) is 18.1 Å². The average Bonchev–Trinajstić information content (AvgIpc) is 3.03. The number of aliphatic imine (C=N–C) groups is 1. The first-order chi connectivity index (χ1) is 12.7. The van der Waals surface area contributed by atoms with Gasteiger partial charge in [-0.25, -0.2) is 9.79 Å². The van der Waals surface area contributed by atoms with Crippen molar-refractivity contribution >= 4 is 17.9 Å². The fourth-order valence-corrected chi connectivity index (χ4v) is 2.84. The van der Waals surface area contributed by atoms with Crippen molar-refractivity contribution in [3.05, 3.63) is 77.0 Å². The van der Waals surface area contributed by atoms with Crippen LogP contribution in [0.25, 0.3) is 6.08 Å². The molecule has 2 aliphatic heterocycles. The molecular weight excluding hydrogens is 330 g/mol. The number of benzene rings is 2. The number of ether oxygens (including phenoxy) is 3. The highest BCUT2D eigenvalue weighted by atomic mass is 16.6. The van der Waals surface area contributed by atoms with Gasteiger partial charge < -0.3 is 14.2 Å². The lowest BCUT2D eigenvalue weighted by Crippen LogP contribution is -2.08. The lowest BCUT2D eigenvalue weighted by Gasteiger charge is -2.15. The zero-order valence-electron chi connectivity index (χ0n) is 14.3. The second-order valence-corrected chi connectivity index (χ2v) is 5.81. The number of cyclic esters (lactones) is 1. The lowest BCUT2D eigenvalue weighted by molar-refractivity contribution is -0.130. The quantitative estimate of drug-likeness (QED) is 0.624. The summed E-state index contributed by atoms with van der Waals surface area (Å²) in [6.07, 6.45) is 3.69. The van der Waals surface area contributed by atoms with E-state index in [0.717, 1.165) is 16.9 Å². The Morgan fingerprint density at radius 2 is 1.96 bits per heavy atom.